The van der Waals surface area contributed by atoms with Crippen LogP contribution in [0.2, 0.25) is 0 Å². The standard InChI is InChI=1S/C15H19N5/c1-19(2)15-11-17-10-13(18-15)14-4-3-9-20(14)12-5-7-16-8-6-12/h5-8,10-11,14H,3-4,9H2,1-2H3. The van der Waals surface area contributed by atoms with E-state index < -0.39 is 0 Å². The molecule has 1 atom stereocenters. The number of aromatic nitrogens is 3. The summed E-state index contributed by atoms with van der Waals surface area (Å²) < 4.78 is 0. The average Bonchev–Trinajstić information content (AvgIpc) is 2.98. The molecule has 0 N–H and O–H groups in total. The monoisotopic (exact) mass is 269 g/mol. The second kappa shape index (κ2) is 5.45. The van der Waals surface area contributed by atoms with E-state index in [9.17, 15) is 0 Å². The number of anilines is 2. The third-order valence-corrected chi connectivity index (χ3v) is 3.69. The fourth-order valence-corrected chi connectivity index (χ4v) is 2.67. The van der Waals surface area contributed by atoms with Crippen LogP contribution in [-0.2, 0) is 0 Å². The summed E-state index contributed by atoms with van der Waals surface area (Å²) >= 11 is 0. The Morgan fingerprint density at radius 1 is 1.15 bits per heavy atom. The predicted octanol–water partition coefficient (Wildman–Crippen LogP) is 2.28. The van der Waals surface area contributed by atoms with Crippen LogP contribution in [-0.4, -0.2) is 35.6 Å². The van der Waals surface area contributed by atoms with Crippen molar-refractivity contribution in [2.24, 2.45) is 0 Å². The van der Waals surface area contributed by atoms with Crippen molar-refractivity contribution in [2.45, 2.75) is 18.9 Å². The molecule has 0 bridgehead atoms. The van der Waals surface area contributed by atoms with Gasteiger partial charge in [-0.15, -0.1) is 0 Å². The fraction of sp³-hybridized carbons (Fsp3) is 0.400. The lowest BCUT2D eigenvalue weighted by Gasteiger charge is -2.26. The Kier molecular flexibility index (Phi) is 3.50. The minimum absolute atomic E-state index is 0.310. The van der Waals surface area contributed by atoms with Gasteiger partial charge in [-0.05, 0) is 25.0 Å². The van der Waals surface area contributed by atoms with E-state index in [4.69, 9.17) is 4.98 Å². The molecule has 2 aromatic heterocycles. The smallest absolute Gasteiger partial charge is 0.146 e. The Morgan fingerprint density at radius 2 is 1.95 bits per heavy atom. The maximum Gasteiger partial charge on any atom is 0.146 e. The van der Waals surface area contributed by atoms with Gasteiger partial charge >= 0.3 is 0 Å². The fourth-order valence-electron chi connectivity index (χ4n) is 2.67. The second-order valence-electron chi connectivity index (χ2n) is 5.25. The maximum atomic E-state index is 4.74. The van der Waals surface area contributed by atoms with Crippen LogP contribution >= 0.6 is 0 Å². The van der Waals surface area contributed by atoms with Gasteiger partial charge in [0.05, 0.1) is 24.1 Å². The zero-order chi connectivity index (χ0) is 13.9. The van der Waals surface area contributed by atoms with Crippen LogP contribution in [0.4, 0.5) is 11.5 Å². The van der Waals surface area contributed by atoms with Gasteiger partial charge in [0.25, 0.3) is 0 Å². The molecule has 0 radical (unpaired) electrons. The van der Waals surface area contributed by atoms with Crippen LogP contribution < -0.4 is 9.80 Å². The molecule has 1 unspecified atom stereocenters. The zero-order valence-corrected chi connectivity index (χ0v) is 11.9. The Morgan fingerprint density at radius 3 is 2.70 bits per heavy atom. The molecule has 0 aromatic carbocycles. The van der Waals surface area contributed by atoms with Gasteiger partial charge in [0.1, 0.15) is 5.82 Å². The molecule has 1 fully saturated rings. The van der Waals surface area contributed by atoms with E-state index in [0.29, 0.717) is 6.04 Å². The van der Waals surface area contributed by atoms with Crippen molar-refractivity contribution in [2.75, 3.05) is 30.4 Å². The first-order valence-electron chi connectivity index (χ1n) is 6.91. The molecule has 20 heavy (non-hydrogen) atoms. The summed E-state index contributed by atoms with van der Waals surface area (Å²) in [5, 5.41) is 0. The first-order chi connectivity index (χ1) is 9.75. The molecule has 0 amide bonds. The molecule has 0 spiro atoms. The maximum absolute atomic E-state index is 4.74. The predicted molar refractivity (Wildman–Crippen MR) is 79.9 cm³/mol. The largest absolute Gasteiger partial charge is 0.363 e. The Hall–Kier alpha value is -2.17. The lowest BCUT2D eigenvalue weighted by Crippen LogP contribution is -2.24. The average molecular weight is 269 g/mol. The molecule has 3 heterocycles. The van der Waals surface area contributed by atoms with Crippen LogP contribution in [0, 0.1) is 0 Å². The quantitative estimate of drug-likeness (QED) is 0.855. The van der Waals surface area contributed by atoms with E-state index in [1.807, 2.05) is 37.6 Å². The highest BCUT2D eigenvalue weighted by molar-refractivity contribution is 5.48. The Bertz CT molecular complexity index is 569. The van der Waals surface area contributed by atoms with Crippen LogP contribution in [0.3, 0.4) is 0 Å². The molecule has 0 saturated carbocycles. The van der Waals surface area contributed by atoms with E-state index in [2.05, 4.69) is 27.0 Å². The molecule has 3 rings (SSSR count). The third-order valence-electron chi connectivity index (χ3n) is 3.69. The number of pyridine rings is 1. The first kappa shape index (κ1) is 12.8. The lowest BCUT2D eigenvalue weighted by atomic mass is 10.1. The molecule has 0 aliphatic carbocycles. The van der Waals surface area contributed by atoms with Gasteiger partial charge in [0.2, 0.25) is 0 Å². The highest BCUT2D eigenvalue weighted by Crippen LogP contribution is 2.35. The highest BCUT2D eigenvalue weighted by atomic mass is 15.2. The van der Waals surface area contributed by atoms with Gasteiger partial charge in [-0.3, -0.25) is 9.97 Å². The molecule has 1 aliphatic rings. The van der Waals surface area contributed by atoms with Crippen molar-refractivity contribution in [1.29, 1.82) is 0 Å². The van der Waals surface area contributed by atoms with Crippen molar-refractivity contribution >= 4 is 11.5 Å². The number of rotatable bonds is 3. The van der Waals surface area contributed by atoms with Gasteiger partial charge in [0.15, 0.2) is 0 Å². The molecule has 104 valence electrons. The topological polar surface area (TPSA) is 45.2 Å². The molecule has 1 aliphatic heterocycles. The summed E-state index contributed by atoms with van der Waals surface area (Å²) in [7, 11) is 3.98. The van der Waals surface area contributed by atoms with Gasteiger partial charge in [-0.2, -0.15) is 0 Å². The highest BCUT2D eigenvalue weighted by Gasteiger charge is 2.27. The third kappa shape index (κ3) is 2.43. The summed E-state index contributed by atoms with van der Waals surface area (Å²) in [4.78, 5) is 17.5. The molecular weight excluding hydrogens is 250 g/mol. The van der Waals surface area contributed by atoms with Crippen molar-refractivity contribution < 1.29 is 0 Å². The van der Waals surface area contributed by atoms with Gasteiger partial charge in [0, 0.05) is 38.7 Å². The van der Waals surface area contributed by atoms with Crippen LogP contribution in [0.25, 0.3) is 0 Å². The van der Waals surface area contributed by atoms with E-state index in [1.165, 1.54) is 12.1 Å². The van der Waals surface area contributed by atoms with E-state index in [1.54, 1.807) is 6.20 Å². The summed E-state index contributed by atoms with van der Waals surface area (Å²) in [6.45, 7) is 1.06. The molecule has 1 saturated heterocycles. The lowest BCUT2D eigenvalue weighted by molar-refractivity contribution is 0.688. The van der Waals surface area contributed by atoms with E-state index in [0.717, 1.165) is 24.5 Å². The Labute approximate surface area is 119 Å². The SMILES string of the molecule is CN(C)c1cncc(C2CCCN2c2ccncc2)n1. The number of nitrogens with zero attached hydrogens (tertiary/aromatic N) is 5. The summed E-state index contributed by atoms with van der Waals surface area (Å²) in [6, 6.07) is 4.42. The number of hydrogen-bond acceptors (Lipinski definition) is 5. The van der Waals surface area contributed by atoms with Crippen LogP contribution in [0.15, 0.2) is 36.9 Å². The van der Waals surface area contributed by atoms with Crippen molar-refractivity contribution in [3.05, 3.63) is 42.6 Å². The second-order valence-corrected chi connectivity index (χ2v) is 5.25. The summed E-state index contributed by atoms with van der Waals surface area (Å²) in [5.74, 6) is 0.907. The molecule has 5 nitrogen and oxygen atoms in total. The van der Waals surface area contributed by atoms with Gasteiger partial charge in [-0.25, -0.2) is 4.98 Å². The summed E-state index contributed by atoms with van der Waals surface area (Å²) in [5.41, 5.74) is 2.25. The Balaban J connectivity index is 1.91. The molecular formula is C15H19N5. The van der Waals surface area contributed by atoms with Gasteiger partial charge in [-0.1, -0.05) is 0 Å². The van der Waals surface area contributed by atoms with Crippen molar-refractivity contribution in [3.8, 4) is 0 Å². The summed E-state index contributed by atoms with van der Waals surface area (Å²) in [6.07, 6.45) is 9.67. The normalized spacial score (nSPS) is 18.3. The van der Waals surface area contributed by atoms with Gasteiger partial charge < -0.3 is 9.80 Å². The minimum atomic E-state index is 0.310. The van der Waals surface area contributed by atoms with Crippen LogP contribution in [0.1, 0.15) is 24.6 Å². The first-order valence-corrected chi connectivity index (χ1v) is 6.91. The van der Waals surface area contributed by atoms with E-state index in [-0.39, 0.29) is 0 Å². The van der Waals surface area contributed by atoms with E-state index >= 15 is 0 Å². The minimum Gasteiger partial charge on any atom is -0.363 e. The zero-order valence-electron chi connectivity index (χ0n) is 11.9. The van der Waals surface area contributed by atoms with Crippen molar-refractivity contribution in [3.63, 3.8) is 0 Å². The van der Waals surface area contributed by atoms with Crippen LogP contribution in [0.5, 0.6) is 0 Å². The number of hydrogen-bond donors (Lipinski definition) is 0. The molecule has 5 heteroatoms. The van der Waals surface area contributed by atoms with Crippen molar-refractivity contribution in [1.82, 2.24) is 15.0 Å². The molecule has 2 aromatic rings.